The van der Waals surface area contributed by atoms with Crippen LogP contribution in [-0.4, -0.2) is 11.9 Å². The number of carbonyl (C=O) groups is 1. The fourth-order valence-electron chi connectivity index (χ4n) is 3.99. The SMILES string of the molecule is Cl.NC1C2CCCC1CC(C(=O)NCc1ccc(Cl)cc1Cl)C2. The zero-order valence-electron chi connectivity index (χ0n) is 12.9. The number of carbonyl (C=O) groups excluding carboxylic acids is 1. The third-order valence-corrected chi connectivity index (χ3v) is 5.84. The Bertz CT molecular complexity index is 553. The van der Waals surface area contributed by atoms with Crippen molar-refractivity contribution in [3.8, 4) is 0 Å². The lowest BCUT2D eigenvalue weighted by molar-refractivity contribution is -0.128. The van der Waals surface area contributed by atoms with Gasteiger partial charge in [-0.2, -0.15) is 0 Å². The van der Waals surface area contributed by atoms with Crippen LogP contribution in [0, 0.1) is 17.8 Å². The van der Waals surface area contributed by atoms with Crippen molar-refractivity contribution in [2.75, 3.05) is 0 Å². The van der Waals surface area contributed by atoms with E-state index in [1.807, 2.05) is 6.07 Å². The second-order valence-corrected chi connectivity index (χ2v) is 7.49. The molecule has 0 aliphatic heterocycles. The first-order valence-corrected chi connectivity index (χ1v) is 8.77. The zero-order chi connectivity index (χ0) is 15.7. The van der Waals surface area contributed by atoms with Gasteiger partial charge in [-0.3, -0.25) is 4.79 Å². The summed E-state index contributed by atoms with van der Waals surface area (Å²) in [7, 11) is 0. The molecule has 3 rings (SSSR count). The third kappa shape index (κ3) is 4.33. The molecule has 1 amide bonds. The van der Waals surface area contributed by atoms with E-state index in [0.717, 1.165) is 18.4 Å². The lowest BCUT2D eigenvalue weighted by atomic mass is 9.65. The Balaban J connectivity index is 0.00000192. The summed E-state index contributed by atoms with van der Waals surface area (Å²) in [5.74, 6) is 1.26. The number of amides is 1. The van der Waals surface area contributed by atoms with Crippen LogP contribution >= 0.6 is 35.6 Å². The minimum atomic E-state index is 0. The molecular formula is C17H23Cl3N2O. The molecule has 0 spiro atoms. The van der Waals surface area contributed by atoms with Crippen LogP contribution in [-0.2, 0) is 11.3 Å². The summed E-state index contributed by atoms with van der Waals surface area (Å²) in [5, 5.41) is 4.22. The Morgan fingerprint density at radius 3 is 2.48 bits per heavy atom. The van der Waals surface area contributed by atoms with Crippen molar-refractivity contribution in [3.63, 3.8) is 0 Å². The Hall–Kier alpha value is -0.480. The van der Waals surface area contributed by atoms with Gasteiger partial charge in [-0.1, -0.05) is 35.7 Å². The maximum absolute atomic E-state index is 12.5. The van der Waals surface area contributed by atoms with Crippen molar-refractivity contribution in [3.05, 3.63) is 33.8 Å². The predicted octanol–water partition coefficient (Wildman–Crippen LogP) is 4.19. The van der Waals surface area contributed by atoms with Crippen molar-refractivity contribution in [1.29, 1.82) is 0 Å². The summed E-state index contributed by atoms with van der Waals surface area (Å²) in [6.45, 7) is 0.451. The molecule has 128 valence electrons. The standard InChI is InChI=1S/C17H22Cl2N2O.ClH/c18-14-5-4-12(15(19)8-14)9-21-17(22)13-6-10-2-1-3-11(7-13)16(10)20;/h4-5,8,10-11,13,16H,1-3,6-7,9,20H2,(H,21,22);1H. The Morgan fingerprint density at radius 2 is 1.87 bits per heavy atom. The van der Waals surface area contributed by atoms with Gasteiger partial charge in [0.05, 0.1) is 0 Å². The Labute approximate surface area is 153 Å². The maximum Gasteiger partial charge on any atom is 0.223 e. The van der Waals surface area contributed by atoms with Gasteiger partial charge in [0.1, 0.15) is 0 Å². The van der Waals surface area contributed by atoms with E-state index in [4.69, 9.17) is 28.9 Å². The summed E-state index contributed by atoms with van der Waals surface area (Å²) in [6, 6.07) is 5.65. The smallest absolute Gasteiger partial charge is 0.223 e. The fraction of sp³-hybridized carbons (Fsp3) is 0.588. The molecule has 3 N–H and O–H groups in total. The molecule has 2 bridgehead atoms. The van der Waals surface area contributed by atoms with Crippen molar-refractivity contribution in [1.82, 2.24) is 5.32 Å². The van der Waals surface area contributed by atoms with Crippen molar-refractivity contribution in [2.24, 2.45) is 23.5 Å². The highest BCUT2D eigenvalue weighted by atomic mass is 35.5. The van der Waals surface area contributed by atoms with E-state index < -0.39 is 0 Å². The van der Waals surface area contributed by atoms with Gasteiger partial charge in [-0.25, -0.2) is 0 Å². The molecule has 2 aliphatic rings. The first-order chi connectivity index (χ1) is 10.5. The average molecular weight is 378 g/mol. The van der Waals surface area contributed by atoms with Crippen LogP contribution in [0.3, 0.4) is 0 Å². The summed E-state index contributed by atoms with van der Waals surface area (Å²) in [4.78, 5) is 12.5. The number of nitrogens with one attached hydrogen (secondary N) is 1. The molecule has 0 saturated heterocycles. The Kier molecular flexibility index (Phi) is 6.61. The van der Waals surface area contributed by atoms with Gasteiger partial charge >= 0.3 is 0 Å². The molecule has 6 heteroatoms. The lowest BCUT2D eigenvalue weighted by Crippen LogP contribution is -2.49. The van der Waals surface area contributed by atoms with E-state index in [2.05, 4.69) is 5.32 Å². The normalized spacial score (nSPS) is 29.5. The fourth-order valence-corrected chi connectivity index (χ4v) is 4.47. The molecule has 1 aromatic carbocycles. The second kappa shape index (κ2) is 8.06. The van der Waals surface area contributed by atoms with E-state index in [1.54, 1.807) is 12.1 Å². The summed E-state index contributed by atoms with van der Waals surface area (Å²) in [5.41, 5.74) is 7.18. The topological polar surface area (TPSA) is 55.1 Å². The van der Waals surface area contributed by atoms with Crippen molar-refractivity contribution in [2.45, 2.75) is 44.7 Å². The van der Waals surface area contributed by atoms with Crippen LogP contribution in [0.2, 0.25) is 10.0 Å². The van der Waals surface area contributed by atoms with E-state index in [1.165, 1.54) is 19.3 Å². The van der Waals surface area contributed by atoms with Gasteiger partial charge in [0.15, 0.2) is 0 Å². The molecule has 0 aromatic heterocycles. The first kappa shape index (κ1) is 18.9. The van der Waals surface area contributed by atoms with Gasteiger partial charge < -0.3 is 11.1 Å². The van der Waals surface area contributed by atoms with Crippen molar-refractivity contribution < 1.29 is 4.79 Å². The number of rotatable bonds is 3. The van der Waals surface area contributed by atoms with Gasteiger partial charge in [0.25, 0.3) is 0 Å². The monoisotopic (exact) mass is 376 g/mol. The minimum absolute atomic E-state index is 0. The number of nitrogens with two attached hydrogens (primary N) is 1. The van der Waals surface area contributed by atoms with Gasteiger partial charge in [-0.05, 0) is 55.2 Å². The highest BCUT2D eigenvalue weighted by Gasteiger charge is 2.40. The van der Waals surface area contributed by atoms with Gasteiger partial charge in [0, 0.05) is 28.5 Å². The molecule has 0 heterocycles. The number of benzene rings is 1. The predicted molar refractivity (Wildman–Crippen MR) is 97.1 cm³/mol. The average Bonchev–Trinajstić information content (AvgIpc) is 2.45. The quantitative estimate of drug-likeness (QED) is 0.830. The molecule has 2 unspecified atom stereocenters. The molecule has 23 heavy (non-hydrogen) atoms. The molecule has 2 fully saturated rings. The highest BCUT2D eigenvalue weighted by Crippen LogP contribution is 2.41. The summed E-state index contributed by atoms with van der Waals surface area (Å²) < 4.78 is 0. The zero-order valence-corrected chi connectivity index (χ0v) is 15.3. The summed E-state index contributed by atoms with van der Waals surface area (Å²) >= 11 is 12.0. The van der Waals surface area contributed by atoms with E-state index >= 15 is 0 Å². The minimum Gasteiger partial charge on any atom is -0.352 e. The van der Waals surface area contributed by atoms with Crippen LogP contribution in [0.1, 0.15) is 37.7 Å². The lowest BCUT2D eigenvalue weighted by Gasteiger charge is -2.43. The molecule has 0 radical (unpaired) electrons. The van der Waals surface area contributed by atoms with Gasteiger partial charge in [-0.15, -0.1) is 12.4 Å². The van der Waals surface area contributed by atoms with Crippen molar-refractivity contribution >= 4 is 41.5 Å². The number of hydrogen-bond donors (Lipinski definition) is 2. The largest absolute Gasteiger partial charge is 0.352 e. The molecule has 2 atom stereocenters. The van der Waals surface area contributed by atoms with E-state index in [-0.39, 0.29) is 24.2 Å². The first-order valence-electron chi connectivity index (χ1n) is 8.02. The Morgan fingerprint density at radius 1 is 1.22 bits per heavy atom. The number of halogens is 3. The molecule has 3 nitrogen and oxygen atoms in total. The van der Waals surface area contributed by atoms with Crippen LogP contribution in [0.5, 0.6) is 0 Å². The third-order valence-electron chi connectivity index (χ3n) is 5.25. The number of fused-ring (bicyclic) bond motifs is 2. The summed E-state index contributed by atoms with van der Waals surface area (Å²) in [6.07, 6.45) is 5.46. The van der Waals surface area contributed by atoms with Gasteiger partial charge in [0.2, 0.25) is 5.91 Å². The molecule has 2 saturated carbocycles. The highest BCUT2D eigenvalue weighted by molar-refractivity contribution is 6.35. The molecular weight excluding hydrogens is 355 g/mol. The van der Waals surface area contributed by atoms with Crippen LogP contribution in [0.15, 0.2) is 18.2 Å². The molecule has 2 aliphatic carbocycles. The molecule has 1 aromatic rings. The van der Waals surface area contributed by atoms with E-state index in [0.29, 0.717) is 34.5 Å². The van der Waals surface area contributed by atoms with Crippen LogP contribution in [0.25, 0.3) is 0 Å². The van der Waals surface area contributed by atoms with Crippen LogP contribution < -0.4 is 11.1 Å². The maximum atomic E-state index is 12.5. The number of hydrogen-bond acceptors (Lipinski definition) is 2. The van der Waals surface area contributed by atoms with E-state index in [9.17, 15) is 4.79 Å². The van der Waals surface area contributed by atoms with Crippen LogP contribution in [0.4, 0.5) is 0 Å². The second-order valence-electron chi connectivity index (χ2n) is 6.65.